The lowest BCUT2D eigenvalue weighted by molar-refractivity contribution is -0.129. The third kappa shape index (κ3) is 4.15. The highest BCUT2D eigenvalue weighted by molar-refractivity contribution is 5.78. The smallest absolute Gasteiger partial charge is 0.236 e. The summed E-state index contributed by atoms with van der Waals surface area (Å²) in [6.45, 7) is 8.91. The van der Waals surface area contributed by atoms with Crippen LogP contribution in [0, 0.1) is 0 Å². The van der Waals surface area contributed by atoms with Crippen molar-refractivity contribution in [2.75, 3.05) is 19.6 Å². The van der Waals surface area contributed by atoms with Gasteiger partial charge in [0.05, 0.1) is 6.54 Å². The van der Waals surface area contributed by atoms with Gasteiger partial charge in [0.1, 0.15) is 0 Å². The Hall–Kier alpha value is -1.35. The van der Waals surface area contributed by atoms with Gasteiger partial charge in [0.15, 0.2) is 0 Å². The van der Waals surface area contributed by atoms with Gasteiger partial charge in [-0.15, -0.1) is 0 Å². The zero-order chi connectivity index (χ0) is 13.4. The van der Waals surface area contributed by atoms with E-state index in [1.165, 1.54) is 11.1 Å². The Bertz CT molecular complexity index is 373. The minimum atomic E-state index is 0.175. The number of carbonyl (C=O) groups is 1. The second-order valence-corrected chi connectivity index (χ2v) is 4.29. The quantitative estimate of drug-likeness (QED) is 0.802. The monoisotopic (exact) mass is 248 g/mol. The second-order valence-electron chi connectivity index (χ2n) is 4.29. The molecule has 1 N–H and O–H groups in total. The lowest BCUT2D eigenvalue weighted by atomic mass is 10.1. The van der Waals surface area contributed by atoms with Crippen molar-refractivity contribution in [3.63, 3.8) is 0 Å². The predicted molar refractivity (Wildman–Crippen MR) is 75.5 cm³/mol. The Morgan fingerprint density at radius 1 is 1.11 bits per heavy atom. The average Bonchev–Trinajstić information content (AvgIpc) is 2.40. The van der Waals surface area contributed by atoms with Gasteiger partial charge in [-0.25, -0.2) is 0 Å². The SMILES string of the molecule is CCc1ccccc1CNCC(=O)N(CC)CC. The average molecular weight is 248 g/mol. The van der Waals surface area contributed by atoms with Crippen molar-refractivity contribution >= 4 is 5.91 Å². The van der Waals surface area contributed by atoms with E-state index in [1.54, 1.807) is 0 Å². The molecule has 0 radical (unpaired) electrons. The van der Waals surface area contributed by atoms with Gasteiger partial charge < -0.3 is 10.2 Å². The maximum atomic E-state index is 11.8. The maximum Gasteiger partial charge on any atom is 0.236 e. The molecule has 0 unspecified atom stereocenters. The van der Waals surface area contributed by atoms with Crippen molar-refractivity contribution in [1.29, 1.82) is 0 Å². The van der Waals surface area contributed by atoms with Crippen LogP contribution in [0.4, 0.5) is 0 Å². The highest BCUT2D eigenvalue weighted by Gasteiger charge is 2.08. The summed E-state index contributed by atoms with van der Waals surface area (Å²) in [5.74, 6) is 0.175. The number of rotatable bonds is 7. The topological polar surface area (TPSA) is 32.3 Å². The highest BCUT2D eigenvalue weighted by Crippen LogP contribution is 2.08. The fraction of sp³-hybridized carbons (Fsp3) is 0.533. The molecule has 0 aliphatic carbocycles. The molecule has 0 atom stereocenters. The second kappa shape index (κ2) is 7.88. The molecule has 0 bridgehead atoms. The van der Waals surface area contributed by atoms with Gasteiger partial charge in [-0.3, -0.25) is 4.79 Å². The van der Waals surface area contributed by atoms with Crippen LogP contribution in [0.2, 0.25) is 0 Å². The first-order valence-corrected chi connectivity index (χ1v) is 6.78. The van der Waals surface area contributed by atoms with Crippen LogP contribution in [0.25, 0.3) is 0 Å². The van der Waals surface area contributed by atoms with Crippen molar-refractivity contribution in [2.24, 2.45) is 0 Å². The molecule has 0 aromatic heterocycles. The molecule has 0 spiro atoms. The predicted octanol–water partition coefficient (Wildman–Crippen LogP) is 2.21. The Morgan fingerprint density at radius 3 is 2.28 bits per heavy atom. The normalized spacial score (nSPS) is 10.4. The number of aryl methyl sites for hydroxylation is 1. The summed E-state index contributed by atoms with van der Waals surface area (Å²) in [6, 6.07) is 8.36. The van der Waals surface area contributed by atoms with E-state index in [0.29, 0.717) is 6.54 Å². The van der Waals surface area contributed by atoms with Gasteiger partial charge in [0, 0.05) is 19.6 Å². The van der Waals surface area contributed by atoms with E-state index in [-0.39, 0.29) is 5.91 Å². The van der Waals surface area contributed by atoms with E-state index in [9.17, 15) is 4.79 Å². The van der Waals surface area contributed by atoms with Crippen LogP contribution < -0.4 is 5.32 Å². The summed E-state index contributed by atoms with van der Waals surface area (Å²) >= 11 is 0. The first-order valence-electron chi connectivity index (χ1n) is 6.78. The summed E-state index contributed by atoms with van der Waals surface area (Å²) in [6.07, 6.45) is 1.03. The zero-order valence-corrected chi connectivity index (χ0v) is 11.7. The molecule has 100 valence electrons. The lowest BCUT2D eigenvalue weighted by Crippen LogP contribution is -2.37. The Labute approximate surface area is 110 Å². The summed E-state index contributed by atoms with van der Waals surface area (Å²) < 4.78 is 0. The lowest BCUT2D eigenvalue weighted by Gasteiger charge is -2.19. The maximum absolute atomic E-state index is 11.8. The molecule has 0 heterocycles. The van der Waals surface area contributed by atoms with Crippen LogP contribution in [0.3, 0.4) is 0 Å². The van der Waals surface area contributed by atoms with Crippen LogP contribution >= 0.6 is 0 Å². The van der Waals surface area contributed by atoms with E-state index < -0.39 is 0 Å². The molecule has 1 aromatic rings. The number of nitrogens with zero attached hydrogens (tertiary/aromatic N) is 1. The van der Waals surface area contributed by atoms with Crippen molar-refractivity contribution < 1.29 is 4.79 Å². The van der Waals surface area contributed by atoms with Crippen LogP contribution in [0.15, 0.2) is 24.3 Å². The number of hydrogen-bond acceptors (Lipinski definition) is 2. The molecule has 0 fully saturated rings. The van der Waals surface area contributed by atoms with Crippen LogP contribution in [-0.4, -0.2) is 30.4 Å². The fourth-order valence-electron chi connectivity index (χ4n) is 2.07. The van der Waals surface area contributed by atoms with Gasteiger partial charge >= 0.3 is 0 Å². The minimum absolute atomic E-state index is 0.175. The first-order chi connectivity index (χ1) is 8.72. The summed E-state index contributed by atoms with van der Waals surface area (Å²) in [4.78, 5) is 13.7. The number of carbonyl (C=O) groups excluding carboxylic acids is 1. The molecule has 1 amide bonds. The molecular weight excluding hydrogens is 224 g/mol. The van der Waals surface area contributed by atoms with E-state index in [1.807, 2.05) is 24.8 Å². The summed E-state index contributed by atoms with van der Waals surface area (Å²) in [7, 11) is 0. The standard InChI is InChI=1S/C15H24N2O/c1-4-13-9-7-8-10-14(13)11-16-12-15(18)17(5-2)6-3/h7-10,16H,4-6,11-12H2,1-3H3. The number of nitrogens with one attached hydrogen (secondary N) is 1. The van der Waals surface area contributed by atoms with Crippen molar-refractivity contribution in [3.8, 4) is 0 Å². The van der Waals surface area contributed by atoms with Gasteiger partial charge in [0.25, 0.3) is 0 Å². The summed E-state index contributed by atoms with van der Waals surface area (Å²) in [5.41, 5.74) is 2.63. The van der Waals surface area contributed by atoms with Crippen LogP contribution in [0.5, 0.6) is 0 Å². The van der Waals surface area contributed by atoms with E-state index in [0.717, 1.165) is 26.1 Å². The Balaban J connectivity index is 2.44. The van der Waals surface area contributed by atoms with Crippen molar-refractivity contribution in [3.05, 3.63) is 35.4 Å². The van der Waals surface area contributed by atoms with Gasteiger partial charge in [-0.1, -0.05) is 31.2 Å². The molecule has 3 nitrogen and oxygen atoms in total. The molecule has 0 saturated carbocycles. The van der Waals surface area contributed by atoms with E-state index in [4.69, 9.17) is 0 Å². The largest absolute Gasteiger partial charge is 0.342 e. The Kier molecular flexibility index (Phi) is 6.44. The number of benzene rings is 1. The van der Waals surface area contributed by atoms with Crippen molar-refractivity contribution in [1.82, 2.24) is 10.2 Å². The van der Waals surface area contributed by atoms with E-state index in [2.05, 4.69) is 30.4 Å². The van der Waals surface area contributed by atoms with Crippen LogP contribution in [-0.2, 0) is 17.8 Å². The van der Waals surface area contributed by atoms with Gasteiger partial charge in [-0.05, 0) is 31.4 Å². The third-order valence-corrected chi connectivity index (χ3v) is 3.21. The number of likely N-dealkylation sites (N-methyl/N-ethyl adjacent to an activating group) is 1. The van der Waals surface area contributed by atoms with Gasteiger partial charge in [-0.2, -0.15) is 0 Å². The highest BCUT2D eigenvalue weighted by atomic mass is 16.2. The minimum Gasteiger partial charge on any atom is -0.342 e. The first kappa shape index (κ1) is 14.7. The molecular formula is C15H24N2O. The molecule has 0 aliphatic rings. The van der Waals surface area contributed by atoms with Crippen molar-refractivity contribution in [2.45, 2.75) is 33.7 Å². The number of amides is 1. The molecule has 0 aliphatic heterocycles. The van der Waals surface area contributed by atoms with Gasteiger partial charge in [0.2, 0.25) is 5.91 Å². The zero-order valence-electron chi connectivity index (χ0n) is 11.7. The summed E-state index contributed by atoms with van der Waals surface area (Å²) in [5, 5.41) is 3.23. The Morgan fingerprint density at radius 2 is 1.72 bits per heavy atom. The van der Waals surface area contributed by atoms with E-state index >= 15 is 0 Å². The molecule has 0 saturated heterocycles. The fourth-order valence-corrected chi connectivity index (χ4v) is 2.07. The molecule has 3 heteroatoms. The van der Waals surface area contributed by atoms with Crippen LogP contribution in [0.1, 0.15) is 31.9 Å². The molecule has 18 heavy (non-hydrogen) atoms. The third-order valence-electron chi connectivity index (χ3n) is 3.21. The molecule has 1 rings (SSSR count). The number of hydrogen-bond donors (Lipinski definition) is 1. The molecule has 1 aromatic carbocycles.